The van der Waals surface area contributed by atoms with Gasteiger partial charge in [0.15, 0.2) is 5.11 Å². The average molecular weight is 403 g/mol. The summed E-state index contributed by atoms with van der Waals surface area (Å²) in [5, 5.41) is 5.78. The Balaban J connectivity index is 1.34. The molecular weight excluding hydrogens is 380 g/mol. The maximum absolute atomic E-state index is 12.5. The molecule has 0 aliphatic carbocycles. The molecule has 146 valence electrons. The number of hydrogen-bond donors (Lipinski definition) is 3. The van der Waals surface area contributed by atoms with Crippen molar-refractivity contribution in [1.29, 1.82) is 0 Å². The Hall–Kier alpha value is -3.38. The van der Waals surface area contributed by atoms with Crippen LogP contribution in [-0.2, 0) is 17.8 Å². The number of hydrazine groups is 1. The minimum Gasteiger partial charge on any atom is -0.361 e. The molecule has 1 amide bonds. The lowest BCUT2D eigenvalue weighted by Crippen LogP contribution is -2.48. The Labute approximate surface area is 174 Å². The van der Waals surface area contributed by atoms with Crippen LogP contribution >= 0.6 is 12.2 Å². The second-order valence-electron chi connectivity index (χ2n) is 6.79. The lowest BCUT2D eigenvalue weighted by Gasteiger charge is -2.13. The first-order chi connectivity index (χ1) is 14.2. The van der Waals surface area contributed by atoms with Gasteiger partial charge < -0.3 is 9.88 Å². The largest absolute Gasteiger partial charge is 0.361 e. The summed E-state index contributed by atoms with van der Waals surface area (Å²) in [6.45, 7) is 0.895. The van der Waals surface area contributed by atoms with E-state index in [0.29, 0.717) is 11.7 Å². The summed E-state index contributed by atoms with van der Waals surface area (Å²) >= 11 is 5.25. The highest BCUT2D eigenvalue weighted by Crippen LogP contribution is 2.28. The van der Waals surface area contributed by atoms with Crippen molar-refractivity contribution in [3.8, 4) is 0 Å². The molecule has 0 aliphatic rings. The number of rotatable bonds is 5. The van der Waals surface area contributed by atoms with Crippen molar-refractivity contribution in [2.45, 2.75) is 13.0 Å². The van der Waals surface area contributed by atoms with Gasteiger partial charge in [-0.2, -0.15) is 0 Å². The molecule has 0 atom stereocenters. The van der Waals surface area contributed by atoms with Crippen LogP contribution in [0.15, 0.2) is 78.9 Å². The van der Waals surface area contributed by atoms with Gasteiger partial charge in [-0.3, -0.25) is 15.6 Å². The van der Waals surface area contributed by atoms with Crippen molar-refractivity contribution in [1.82, 2.24) is 20.7 Å². The van der Waals surface area contributed by atoms with Crippen LogP contribution in [0.3, 0.4) is 0 Å². The molecule has 0 aliphatic heterocycles. The van der Waals surface area contributed by atoms with E-state index in [4.69, 9.17) is 12.2 Å². The normalized spacial score (nSPS) is 10.8. The van der Waals surface area contributed by atoms with Gasteiger partial charge in [0, 0.05) is 28.4 Å². The molecule has 0 unspecified atom stereocenters. The van der Waals surface area contributed by atoms with Crippen LogP contribution in [0, 0.1) is 0 Å². The number of hydrogen-bond acceptors (Lipinski definition) is 2. The van der Waals surface area contributed by atoms with E-state index in [-0.39, 0.29) is 12.5 Å². The van der Waals surface area contributed by atoms with Gasteiger partial charge in [-0.1, -0.05) is 66.7 Å². The van der Waals surface area contributed by atoms with Crippen molar-refractivity contribution in [3.05, 3.63) is 84.4 Å². The molecule has 3 N–H and O–H groups in total. The van der Waals surface area contributed by atoms with Crippen molar-refractivity contribution in [2.75, 3.05) is 6.54 Å². The summed E-state index contributed by atoms with van der Waals surface area (Å²) < 4.78 is 2.02. The van der Waals surface area contributed by atoms with Gasteiger partial charge in [0.25, 0.3) is 5.91 Å². The summed E-state index contributed by atoms with van der Waals surface area (Å²) in [5.74, 6) is -0.163. The summed E-state index contributed by atoms with van der Waals surface area (Å²) in [6, 6.07) is 26.4. The fourth-order valence-electron chi connectivity index (χ4n) is 3.49. The summed E-state index contributed by atoms with van der Waals surface area (Å²) in [4.78, 5) is 12.5. The molecule has 5 nitrogen and oxygen atoms in total. The average Bonchev–Trinajstić information content (AvgIpc) is 3.07. The smallest absolute Gasteiger partial charge is 0.258 e. The van der Waals surface area contributed by atoms with Gasteiger partial charge in [0.05, 0.1) is 0 Å². The number of fused-ring (bicyclic) bond motifs is 3. The number of thiocarbonyl (C=S) groups is 1. The van der Waals surface area contributed by atoms with E-state index in [1.165, 1.54) is 5.56 Å². The summed E-state index contributed by atoms with van der Waals surface area (Å²) in [5.41, 5.74) is 8.77. The molecule has 3 aromatic carbocycles. The zero-order valence-electron chi connectivity index (χ0n) is 15.9. The molecule has 29 heavy (non-hydrogen) atoms. The topological polar surface area (TPSA) is 58.1 Å². The molecular formula is C23H22N4OS. The number of nitrogens with one attached hydrogen (secondary N) is 3. The fraction of sp³-hybridized carbons (Fsp3) is 0.130. The highest BCUT2D eigenvalue weighted by Gasteiger charge is 2.12. The molecule has 0 saturated heterocycles. The number of carbonyl (C=O) groups is 1. The molecule has 0 bridgehead atoms. The zero-order chi connectivity index (χ0) is 20.1. The molecule has 4 rings (SSSR count). The van der Waals surface area contributed by atoms with Gasteiger partial charge in [-0.25, -0.2) is 0 Å². The van der Waals surface area contributed by atoms with Gasteiger partial charge in [-0.15, -0.1) is 0 Å². The van der Waals surface area contributed by atoms with Gasteiger partial charge in [0.2, 0.25) is 0 Å². The Kier molecular flexibility index (Phi) is 5.72. The molecule has 4 aromatic rings. The van der Waals surface area contributed by atoms with Crippen molar-refractivity contribution < 1.29 is 4.79 Å². The Bertz CT molecular complexity index is 1100. The first kappa shape index (κ1) is 19.0. The van der Waals surface area contributed by atoms with E-state index in [9.17, 15) is 4.79 Å². The second-order valence-corrected chi connectivity index (χ2v) is 7.19. The van der Waals surface area contributed by atoms with Crippen LogP contribution < -0.4 is 16.2 Å². The van der Waals surface area contributed by atoms with Gasteiger partial charge >= 0.3 is 0 Å². The van der Waals surface area contributed by atoms with Crippen molar-refractivity contribution >= 4 is 45.0 Å². The SMILES string of the molecule is O=C(Cn1c2ccccc2c2ccccc21)NNC(=S)NCCc1ccccc1. The lowest BCUT2D eigenvalue weighted by molar-refractivity contribution is -0.122. The van der Waals surface area contributed by atoms with Crippen LogP contribution in [0.5, 0.6) is 0 Å². The number of amides is 1. The molecule has 6 heteroatoms. The van der Waals surface area contributed by atoms with E-state index >= 15 is 0 Å². The number of aromatic nitrogens is 1. The standard InChI is InChI=1S/C23H22N4OS/c28-22(25-26-23(29)24-15-14-17-8-2-1-3-9-17)16-27-20-12-6-4-10-18(20)19-11-5-7-13-21(19)27/h1-13H,14-16H2,(H,25,28)(H2,24,26,29). The highest BCUT2D eigenvalue weighted by molar-refractivity contribution is 7.80. The third kappa shape index (κ3) is 4.38. The summed E-state index contributed by atoms with van der Waals surface area (Å²) in [6.07, 6.45) is 0.859. The fourth-order valence-corrected chi connectivity index (χ4v) is 3.65. The van der Waals surface area contributed by atoms with Gasteiger partial charge in [0.1, 0.15) is 6.54 Å². The number of carbonyl (C=O) groups excluding carboxylic acids is 1. The van der Waals surface area contributed by atoms with E-state index in [0.717, 1.165) is 28.2 Å². The number of para-hydroxylation sites is 2. The van der Waals surface area contributed by atoms with E-state index < -0.39 is 0 Å². The molecule has 0 spiro atoms. The minimum atomic E-state index is -0.163. The second kappa shape index (κ2) is 8.75. The molecule has 0 fully saturated rings. The number of nitrogens with zero attached hydrogens (tertiary/aromatic N) is 1. The monoisotopic (exact) mass is 402 g/mol. The van der Waals surface area contributed by atoms with Crippen LogP contribution in [0.25, 0.3) is 21.8 Å². The zero-order valence-corrected chi connectivity index (χ0v) is 16.7. The minimum absolute atomic E-state index is 0.163. The Morgan fingerprint density at radius 1 is 0.793 bits per heavy atom. The molecule has 0 saturated carbocycles. The first-order valence-corrected chi connectivity index (χ1v) is 9.96. The Morgan fingerprint density at radius 2 is 1.38 bits per heavy atom. The maximum atomic E-state index is 12.5. The highest BCUT2D eigenvalue weighted by atomic mass is 32.1. The van der Waals surface area contributed by atoms with E-state index in [1.54, 1.807) is 0 Å². The molecule has 1 heterocycles. The predicted molar refractivity (Wildman–Crippen MR) is 121 cm³/mol. The lowest BCUT2D eigenvalue weighted by atomic mass is 10.1. The Morgan fingerprint density at radius 3 is 2.03 bits per heavy atom. The third-order valence-electron chi connectivity index (χ3n) is 4.84. The molecule has 1 aromatic heterocycles. The van der Waals surface area contributed by atoms with E-state index in [2.05, 4.69) is 40.4 Å². The van der Waals surface area contributed by atoms with Crippen LogP contribution in [-0.4, -0.2) is 22.1 Å². The van der Waals surface area contributed by atoms with Crippen molar-refractivity contribution in [3.63, 3.8) is 0 Å². The quantitative estimate of drug-likeness (QED) is 0.353. The van der Waals surface area contributed by atoms with Crippen LogP contribution in [0.4, 0.5) is 0 Å². The maximum Gasteiger partial charge on any atom is 0.258 e. The van der Waals surface area contributed by atoms with Crippen molar-refractivity contribution in [2.24, 2.45) is 0 Å². The third-order valence-corrected chi connectivity index (χ3v) is 5.09. The van der Waals surface area contributed by atoms with Crippen LogP contribution in [0.2, 0.25) is 0 Å². The summed E-state index contributed by atoms with van der Waals surface area (Å²) in [7, 11) is 0. The number of benzene rings is 3. The molecule has 0 radical (unpaired) electrons. The van der Waals surface area contributed by atoms with E-state index in [1.807, 2.05) is 59.2 Å². The first-order valence-electron chi connectivity index (χ1n) is 9.55. The predicted octanol–water partition coefficient (Wildman–Crippen LogP) is 3.53. The van der Waals surface area contributed by atoms with Gasteiger partial charge in [-0.05, 0) is 36.3 Å². The van der Waals surface area contributed by atoms with Crippen LogP contribution in [0.1, 0.15) is 5.56 Å².